The molecule has 1 aromatic heterocycles. The van der Waals surface area contributed by atoms with Gasteiger partial charge in [0, 0.05) is 49.4 Å². The van der Waals surface area contributed by atoms with Crippen molar-refractivity contribution < 1.29 is 29.0 Å². The normalized spacial score (nSPS) is 21.0. The average Bonchev–Trinajstić information content (AvgIpc) is 3.70. The fourth-order valence-electron chi connectivity index (χ4n) is 8.25. The summed E-state index contributed by atoms with van der Waals surface area (Å²) < 4.78 is 14.0. The average molecular weight is 738 g/mol. The van der Waals surface area contributed by atoms with E-state index in [-0.39, 0.29) is 42.9 Å². The van der Waals surface area contributed by atoms with Crippen LogP contribution in [0.4, 0.5) is 0 Å². The number of amides is 2. The van der Waals surface area contributed by atoms with Gasteiger partial charge in [0.1, 0.15) is 17.0 Å². The second-order valence-corrected chi connectivity index (χ2v) is 16.2. The zero-order valence-corrected chi connectivity index (χ0v) is 33.0. The Morgan fingerprint density at radius 2 is 1.85 bits per heavy atom. The molecule has 288 valence electrons. The molecule has 2 aliphatic heterocycles. The van der Waals surface area contributed by atoms with Crippen molar-refractivity contribution in [3.8, 4) is 16.9 Å². The molecular formula is C43H55N5O6. The van der Waals surface area contributed by atoms with Gasteiger partial charge in [0.15, 0.2) is 0 Å². The van der Waals surface area contributed by atoms with Crippen LogP contribution in [0.5, 0.6) is 5.75 Å². The maximum atomic E-state index is 14.5. The number of ether oxygens (including phenoxy) is 2. The lowest BCUT2D eigenvalue weighted by Crippen LogP contribution is -2.62. The summed E-state index contributed by atoms with van der Waals surface area (Å²) in [7, 11) is 3.43. The molecule has 0 saturated carbocycles. The number of hydrogen-bond donors (Lipinski definition) is 3. The zero-order valence-electron chi connectivity index (χ0n) is 33.0. The van der Waals surface area contributed by atoms with Crippen LogP contribution in [0.1, 0.15) is 77.6 Å². The second-order valence-electron chi connectivity index (χ2n) is 16.2. The summed E-state index contributed by atoms with van der Waals surface area (Å²) in [5, 5.41) is 24.2. The summed E-state index contributed by atoms with van der Waals surface area (Å²) in [6.45, 7) is 13.6. The number of aryl methyl sites for hydroxylation is 1. The van der Waals surface area contributed by atoms with Gasteiger partial charge in [-0.1, -0.05) is 52.0 Å². The Hall–Kier alpha value is -4.74. The first kappa shape index (κ1) is 39.0. The number of aromatic hydroxyl groups is 1. The number of phenols is 1. The summed E-state index contributed by atoms with van der Waals surface area (Å²) in [5.41, 5.74) is 6.24. The Morgan fingerprint density at radius 1 is 1.07 bits per heavy atom. The Kier molecular flexibility index (Phi) is 11.2. The van der Waals surface area contributed by atoms with Gasteiger partial charge in [0.2, 0.25) is 5.91 Å². The van der Waals surface area contributed by atoms with Gasteiger partial charge in [0.25, 0.3) is 5.91 Å². The third-order valence-corrected chi connectivity index (χ3v) is 10.8. The first-order valence-electron chi connectivity index (χ1n) is 19.1. The maximum absolute atomic E-state index is 14.5. The van der Waals surface area contributed by atoms with Gasteiger partial charge in [0.05, 0.1) is 24.9 Å². The maximum Gasteiger partial charge on any atom is 0.354 e. The largest absolute Gasteiger partial charge is 0.508 e. The number of carbonyl (C=O) groups is 3. The van der Waals surface area contributed by atoms with Gasteiger partial charge in [-0.2, -0.15) is 5.10 Å². The first-order valence-corrected chi connectivity index (χ1v) is 19.1. The number of cyclic esters (lactones) is 1. The molecule has 0 saturated heterocycles. The Balaban J connectivity index is 1.55. The highest BCUT2D eigenvalue weighted by atomic mass is 16.5. The lowest BCUT2D eigenvalue weighted by Gasteiger charge is -2.36. The summed E-state index contributed by atoms with van der Waals surface area (Å²) in [6.07, 6.45) is 6.87. The van der Waals surface area contributed by atoms with Crippen LogP contribution in [-0.2, 0) is 43.2 Å². The van der Waals surface area contributed by atoms with Crippen LogP contribution in [0, 0.1) is 11.3 Å². The molecule has 3 aromatic rings. The number of hydrogen-bond acceptors (Lipinski definition) is 8. The number of carbonyl (C=O) groups excluding carboxylic acids is 3. The van der Waals surface area contributed by atoms with E-state index in [0.717, 1.165) is 57.4 Å². The molecule has 0 radical (unpaired) electrons. The quantitative estimate of drug-likeness (QED) is 0.236. The van der Waals surface area contributed by atoms with Crippen molar-refractivity contribution in [3.05, 3.63) is 70.9 Å². The van der Waals surface area contributed by atoms with Crippen LogP contribution in [0.15, 0.2) is 59.2 Å². The number of nitrogens with zero attached hydrogens (tertiary/aromatic N) is 3. The van der Waals surface area contributed by atoms with Crippen LogP contribution < -0.4 is 10.6 Å². The van der Waals surface area contributed by atoms with E-state index in [0.29, 0.717) is 31.4 Å². The summed E-state index contributed by atoms with van der Waals surface area (Å²) in [4.78, 5) is 41.9. The lowest BCUT2D eigenvalue weighted by atomic mass is 9.83. The molecule has 1 aliphatic carbocycles. The zero-order chi connectivity index (χ0) is 38.9. The number of benzene rings is 2. The molecule has 2 amide bonds. The van der Waals surface area contributed by atoms with Crippen molar-refractivity contribution in [1.29, 1.82) is 0 Å². The van der Waals surface area contributed by atoms with Gasteiger partial charge in [-0.25, -0.2) is 9.80 Å². The molecule has 3 N–H and O–H groups in total. The van der Waals surface area contributed by atoms with Crippen LogP contribution in [0.25, 0.3) is 27.6 Å². The molecule has 0 unspecified atom stereocenters. The van der Waals surface area contributed by atoms with E-state index in [1.54, 1.807) is 33.2 Å². The minimum atomic E-state index is -1.47. The second kappa shape index (κ2) is 15.5. The predicted molar refractivity (Wildman–Crippen MR) is 212 cm³/mol. The molecule has 3 aliphatic rings. The number of esters is 1. The molecule has 6 rings (SSSR count). The standard InChI is InChI=1S/C43H55N5O6/c1-9-47-36-16-15-28-21-33(36)34(38(47)32-13-10-12-29(32)24-53-8)23-42(4,5)25-54-40(51)35-14-11-17-48(46-35)41(52)43(6,45-39(50)37(44-7)26(2)3)22-27-18-30(28)20-31(49)19-27/h12-13,15-16,18-21,26,37,44,49H,9-11,14,17,22-25H2,1-8H3,(H,45,50)/t37-,43-/m0/s1. The smallest absolute Gasteiger partial charge is 0.354 e. The van der Waals surface area contributed by atoms with Crippen molar-refractivity contribution in [2.45, 2.75) is 91.8 Å². The first-order chi connectivity index (χ1) is 25.7. The number of allylic oxidation sites excluding steroid dienone is 2. The van der Waals surface area contributed by atoms with Crippen molar-refractivity contribution >= 4 is 40.0 Å². The van der Waals surface area contributed by atoms with Crippen molar-refractivity contribution in [3.63, 3.8) is 0 Å². The van der Waals surface area contributed by atoms with Crippen molar-refractivity contribution in [2.24, 2.45) is 16.4 Å². The number of phenolic OH excluding ortho intramolecular Hbond substituents is 1. The molecule has 3 heterocycles. The van der Waals surface area contributed by atoms with E-state index < -0.39 is 28.9 Å². The highest BCUT2D eigenvalue weighted by Gasteiger charge is 2.42. The topological polar surface area (TPSA) is 134 Å². The van der Waals surface area contributed by atoms with Crippen molar-refractivity contribution in [2.75, 3.05) is 33.9 Å². The van der Waals surface area contributed by atoms with Gasteiger partial charge in [-0.15, -0.1) is 0 Å². The number of fused-ring (bicyclic) bond motifs is 5. The molecule has 2 atom stereocenters. The molecule has 0 spiro atoms. The molecule has 6 bridgehead atoms. The Morgan fingerprint density at radius 3 is 2.56 bits per heavy atom. The Labute approximate surface area is 318 Å². The third kappa shape index (κ3) is 7.75. The number of hydrazone groups is 1. The van der Waals surface area contributed by atoms with Gasteiger partial charge in [-0.3, -0.25) is 9.59 Å². The lowest BCUT2D eigenvalue weighted by molar-refractivity contribution is -0.143. The van der Waals surface area contributed by atoms with Crippen LogP contribution >= 0.6 is 0 Å². The highest BCUT2D eigenvalue weighted by molar-refractivity contribution is 6.36. The molecule has 11 heteroatoms. The van der Waals surface area contributed by atoms with Gasteiger partial charge in [-0.05, 0) is 104 Å². The minimum Gasteiger partial charge on any atom is -0.508 e. The van der Waals surface area contributed by atoms with E-state index in [2.05, 4.69) is 71.4 Å². The summed E-state index contributed by atoms with van der Waals surface area (Å²) in [6, 6.07) is 11.2. The minimum absolute atomic E-state index is 0.0469. The van der Waals surface area contributed by atoms with E-state index in [4.69, 9.17) is 9.47 Å². The third-order valence-electron chi connectivity index (χ3n) is 10.8. The summed E-state index contributed by atoms with van der Waals surface area (Å²) in [5.74, 6) is -1.33. The highest BCUT2D eigenvalue weighted by Crippen LogP contribution is 2.42. The molecule has 0 fully saturated rings. The monoisotopic (exact) mass is 737 g/mol. The molecule has 11 nitrogen and oxygen atoms in total. The number of methoxy groups -OCH3 is 1. The molecule has 2 aromatic carbocycles. The van der Waals surface area contributed by atoms with E-state index in [1.165, 1.54) is 5.01 Å². The number of nitrogens with one attached hydrogen (secondary N) is 2. The Bertz CT molecular complexity index is 2060. The van der Waals surface area contributed by atoms with Gasteiger partial charge >= 0.3 is 5.97 Å². The van der Waals surface area contributed by atoms with E-state index in [1.807, 2.05) is 19.9 Å². The number of rotatable bonds is 8. The summed E-state index contributed by atoms with van der Waals surface area (Å²) >= 11 is 0. The fraction of sp³-hybridized carbons (Fsp3) is 0.488. The van der Waals surface area contributed by atoms with E-state index >= 15 is 0 Å². The van der Waals surface area contributed by atoms with Crippen LogP contribution in [0.2, 0.25) is 0 Å². The molecule has 54 heavy (non-hydrogen) atoms. The van der Waals surface area contributed by atoms with Gasteiger partial charge < -0.3 is 29.8 Å². The van der Waals surface area contributed by atoms with Crippen molar-refractivity contribution in [1.82, 2.24) is 20.2 Å². The number of likely N-dealkylation sites (N-methyl/N-ethyl adjacent to an activating group) is 1. The fourth-order valence-corrected chi connectivity index (χ4v) is 8.25. The van der Waals surface area contributed by atoms with Crippen LogP contribution in [0.3, 0.4) is 0 Å². The molecular weight excluding hydrogens is 683 g/mol. The van der Waals surface area contributed by atoms with E-state index in [9.17, 15) is 19.5 Å². The van der Waals surface area contributed by atoms with Crippen LogP contribution in [-0.4, -0.2) is 83.7 Å². The number of aromatic nitrogens is 1. The SMILES string of the molecule is CCn1c(C2=CCC=C2COC)c2c3cc(ccc31)-c1cc(O)cc(c1)C[C@](C)(NC(=O)[C@@H](NC)C(C)C)C(=O)N1CCCC(=N1)C(=O)OCC(C)(C)C2. The predicted octanol–water partition coefficient (Wildman–Crippen LogP) is 6.16.